The third-order valence-electron chi connectivity index (χ3n) is 6.05. The monoisotopic (exact) mass is 589 g/mol. The number of amides is 2. The van der Waals surface area contributed by atoms with Gasteiger partial charge in [-0.3, -0.25) is 13.9 Å². The maximum Gasteiger partial charge on any atom is 0.264 e. The van der Waals surface area contributed by atoms with Crippen molar-refractivity contribution in [3.63, 3.8) is 0 Å². The summed E-state index contributed by atoms with van der Waals surface area (Å²) in [6.07, 6.45) is 0.321. The van der Waals surface area contributed by atoms with Crippen LogP contribution < -0.4 is 9.62 Å². The second-order valence-corrected chi connectivity index (χ2v) is 12.2. The fraction of sp³-hybridized carbons (Fsp3) is 0.310. The molecule has 3 rings (SSSR count). The SMILES string of the molecule is CCC(C(=O)NC(C)C)N(Cc1ccc(Cl)c(Cl)c1)C(=O)CN(c1cccc(C)c1)S(=O)(=O)c1ccccc1. The van der Waals surface area contributed by atoms with Crippen LogP contribution in [0.4, 0.5) is 5.69 Å². The lowest BCUT2D eigenvalue weighted by molar-refractivity contribution is -0.140. The fourth-order valence-electron chi connectivity index (χ4n) is 4.17. The first-order valence-electron chi connectivity index (χ1n) is 12.6. The molecule has 3 aromatic rings. The molecule has 0 aliphatic carbocycles. The van der Waals surface area contributed by atoms with Gasteiger partial charge in [-0.15, -0.1) is 0 Å². The molecule has 208 valence electrons. The van der Waals surface area contributed by atoms with Crippen LogP contribution in [0.15, 0.2) is 77.7 Å². The molecule has 0 fully saturated rings. The number of hydrogen-bond acceptors (Lipinski definition) is 4. The van der Waals surface area contributed by atoms with Gasteiger partial charge in [-0.25, -0.2) is 8.42 Å². The first kappa shape index (κ1) is 30.5. The zero-order valence-corrected chi connectivity index (χ0v) is 24.7. The smallest absolute Gasteiger partial charge is 0.264 e. The first-order valence-corrected chi connectivity index (χ1v) is 14.8. The Balaban J connectivity index is 2.07. The Bertz CT molecular complexity index is 1420. The van der Waals surface area contributed by atoms with Gasteiger partial charge < -0.3 is 10.2 Å². The van der Waals surface area contributed by atoms with Crippen molar-refractivity contribution in [2.45, 2.75) is 57.6 Å². The van der Waals surface area contributed by atoms with E-state index in [0.717, 1.165) is 9.87 Å². The number of hydrogen-bond donors (Lipinski definition) is 1. The van der Waals surface area contributed by atoms with Crippen molar-refractivity contribution in [2.24, 2.45) is 0 Å². The Labute approximate surface area is 240 Å². The van der Waals surface area contributed by atoms with Gasteiger partial charge in [0.15, 0.2) is 0 Å². The second-order valence-electron chi connectivity index (χ2n) is 9.52. The lowest BCUT2D eigenvalue weighted by atomic mass is 10.1. The molecular weight excluding hydrogens is 557 g/mol. The van der Waals surface area contributed by atoms with Crippen LogP contribution in [0.2, 0.25) is 10.0 Å². The van der Waals surface area contributed by atoms with E-state index >= 15 is 0 Å². The molecule has 1 unspecified atom stereocenters. The van der Waals surface area contributed by atoms with Gasteiger partial charge in [0.25, 0.3) is 10.0 Å². The maximum absolute atomic E-state index is 14.0. The highest BCUT2D eigenvalue weighted by Gasteiger charge is 2.33. The highest BCUT2D eigenvalue weighted by molar-refractivity contribution is 7.92. The van der Waals surface area contributed by atoms with Crippen molar-refractivity contribution >= 4 is 50.7 Å². The first-order chi connectivity index (χ1) is 18.4. The van der Waals surface area contributed by atoms with Crippen molar-refractivity contribution in [1.82, 2.24) is 10.2 Å². The van der Waals surface area contributed by atoms with Crippen molar-refractivity contribution < 1.29 is 18.0 Å². The van der Waals surface area contributed by atoms with E-state index in [1.165, 1.54) is 17.0 Å². The van der Waals surface area contributed by atoms with Gasteiger partial charge in [0.2, 0.25) is 11.8 Å². The molecule has 0 bridgehead atoms. The summed E-state index contributed by atoms with van der Waals surface area (Å²) >= 11 is 12.3. The van der Waals surface area contributed by atoms with Gasteiger partial charge in [-0.05, 0) is 74.7 Å². The highest BCUT2D eigenvalue weighted by atomic mass is 35.5. The Morgan fingerprint density at radius 1 is 0.923 bits per heavy atom. The van der Waals surface area contributed by atoms with Crippen LogP contribution in [0, 0.1) is 6.92 Å². The van der Waals surface area contributed by atoms with Crippen LogP contribution in [-0.4, -0.2) is 43.8 Å². The number of benzene rings is 3. The number of carbonyl (C=O) groups excluding carboxylic acids is 2. The standard InChI is InChI=1S/C29H33Cl2N3O4S/c1-5-27(29(36)32-20(2)3)33(18-22-14-15-25(30)26(31)17-22)28(35)19-34(23-11-9-10-21(4)16-23)39(37,38)24-12-7-6-8-13-24/h6-17,20,27H,5,18-19H2,1-4H3,(H,32,36). The van der Waals surface area contributed by atoms with Gasteiger partial charge in [0.1, 0.15) is 12.6 Å². The van der Waals surface area contributed by atoms with Gasteiger partial charge in [0, 0.05) is 12.6 Å². The molecule has 1 atom stereocenters. The number of sulfonamides is 1. The van der Waals surface area contributed by atoms with Crippen LogP contribution >= 0.6 is 23.2 Å². The summed E-state index contributed by atoms with van der Waals surface area (Å²) in [6, 6.07) is 18.9. The lowest BCUT2D eigenvalue weighted by Crippen LogP contribution is -2.53. The Kier molecular flexibility index (Phi) is 10.4. The molecule has 0 saturated carbocycles. The molecule has 7 nitrogen and oxygen atoms in total. The summed E-state index contributed by atoms with van der Waals surface area (Å²) in [7, 11) is -4.11. The third kappa shape index (κ3) is 7.75. The van der Waals surface area contributed by atoms with Gasteiger partial charge in [-0.1, -0.05) is 66.5 Å². The maximum atomic E-state index is 14.0. The zero-order valence-electron chi connectivity index (χ0n) is 22.4. The largest absolute Gasteiger partial charge is 0.352 e. The van der Waals surface area contributed by atoms with Crippen molar-refractivity contribution in [1.29, 1.82) is 0 Å². The molecule has 0 spiro atoms. The minimum Gasteiger partial charge on any atom is -0.352 e. The lowest BCUT2D eigenvalue weighted by Gasteiger charge is -2.33. The topological polar surface area (TPSA) is 86.8 Å². The molecule has 0 aromatic heterocycles. The van der Waals surface area contributed by atoms with E-state index in [4.69, 9.17) is 23.2 Å². The molecule has 0 heterocycles. The molecular formula is C29H33Cl2N3O4S. The van der Waals surface area contributed by atoms with Gasteiger partial charge >= 0.3 is 0 Å². The van der Waals surface area contributed by atoms with E-state index in [0.29, 0.717) is 27.7 Å². The van der Waals surface area contributed by atoms with Gasteiger partial charge in [-0.2, -0.15) is 0 Å². The molecule has 0 saturated heterocycles. The quantitative estimate of drug-likeness (QED) is 0.305. The van der Waals surface area contributed by atoms with Crippen molar-refractivity contribution in [3.8, 4) is 0 Å². The van der Waals surface area contributed by atoms with Crippen LogP contribution in [-0.2, 0) is 26.2 Å². The molecule has 39 heavy (non-hydrogen) atoms. The summed E-state index contributed by atoms with van der Waals surface area (Å²) in [5.74, 6) is -0.859. The number of rotatable bonds is 11. The molecule has 2 amide bonds. The molecule has 0 aliphatic heterocycles. The molecule has 3 aromatic carbocycles. The number of anilines is 1. The summed E-state index contributed by atoms with van der Waals surface area (Å²) in [4.78, 5) is 28.7. The predicted molar refractivity (Wildman–Crippen MR) is 157 cm³/mol. The average Bonchev–Trinajstić information content (AvgIpc) is 2.89. The number of nitrogens with one attached hydrogen (secondary N) is 1. The molecule has 0 radical (unpaired) electrons. The third-order valence-corrected chi connectivity index (χ3v) is 8.58. The average molecular weight is 591 g/mol. The van der Waals surface area contributed by atoms with E-state index in [-0.39, 0.29) is 23.4 Å². The number of carbonyl (C=O) groups is 2. The summed E-state index contributed by atoms with van der Waals surface area (Å²) in [6.45, 7) is 6.85. The van der Waals surface area contributed by atoms with Crippen LogP contribution in [0.25, 0.3) is 0 Å². The Morgan fingerprint density at radius 2 is 1.62 bits per heavy atom. The van der Waals surface area contributed by atoms with Crippen LogP contribution in [0.3, 0.4) is 0 Å². The van der Waals surface area contributed by atoms with E-state index in [2.05, 4.69) is 5.32 Å². The predicted octanol–water partition coefficient (Wildman–Crippen LogP) is 5.83. The van der Waals surface area contributed by atoms with Crippen LogP contribution in [0.5, 0.6) is 0 Å². The molecule has 0 aliphatic rings. The zero-order chi connectivity index (χ0) is 28.7. The number of halogens is 2. The summed E-state index contributed by atoms with van der Waals surface area (Å²) < 4.78 is 28.7. The second kappa shape index (κ2) is 13.3. The van der Waals surface area contributed by atoms with E-state index in [1.807, 2.05) is 26.8 Å². The minimum atomic E-state index is -4.11. The molecule has 1 N–H and O–H groups in total. The number of nitrogens with zero attached hydrogens (tertiary/aromatic N) is 2. The minimum absolute atomic E-state index is 0.0345. The normalized spacial score (nSPS) is 12.2. The molecule has 10 heteroatoms. The van der Waals surface area contributed by atoms with Gasteiger partial charge in [0.05, 0.1) is 20.6 Å². The van der Waals surface area contributed by atoms with E-state index < -0.39 is 28.5 Å². The van der Waals surface area contributed by atoms with Crippen LogP contribution in [0.1, 0.15) is 38.3 Å². The summed E-state index contributed by atoms with van der Waals surface area (Å²) in [5.41, 5.74) is 1.84. The highest BCUT2D eigenvalue weighted by Crippen LogP contribution is 2.27. The van der Waals surface area contributed by atoms with Crippen molar-refractivity contribution in [3.05, 3.63) is 94.0 Å². The van der Waals surface area contributed by atoms with E-state index in [1.54, 1.807) is 61.5 Å². The Morgan fingerprint density at radius 3 is 2.21 bits per heavy atom. The summed E-state index contributed by atoms with van der Waals surface area (Å²) in [5, 5.41) is 3.55. The van der Waals surface area contributed by atoms with E-state index in [9.17, 15) is 18.0 Å². The Hall–Kier alpha value is -3.07. The van der Waals surface area contributed by atoms with Crippen molar-refractivity contribution in [2.75, 3.05) is 10.8 Å². The fourth-order valence-corrected chi connectivity index (χ4v) is 5.91. The number of aryl methyl sites for hydroxylation is 1.